The highest BCUT2D eigenvalue weighted by atomic mass is 19.3. The van der Waals surface area contributed by atoms with Crippen LogP contribution in [0.5, 0.6) is 0 Å². The van der Waals surface area contributed by atoms with Crippen molar-refractivity contribution >= 4 is 22.7 Å². The molecule has 8 heteroatoms. The normalized spacial score (nSPS) is 12.7. The first kappa shape index (κ1) is 13.4. The molecular weight excluding hydrogens is 256 g/mol. The predicted octanol–water partition coefficient (Wildman–Crippen LogP) is 0.953. The molecule has 2 aromatic rings. The first-order valence-electron chi connectivity index (χ1n) is 5.55. The van der Waals surface area contributed by atoms with Crippen LogP contribution in [0.2, 0.25) is 0 Å². The topological polar surface area (TPSA) is 96.1 Å². The average Bonchev–Trinajstić information content (AvgIpc) is 2.43. The van der Waals surface area contributed by atoms with Gasteiger partial charge in [0.1, 0.15) is 11.9 Å². The Morgan fingerprint density at radius 3 is 2.68 bits per heavy atom. The molecule has 6 nitrogen and oxygen atoms in total. The highest BCUT2D eigenvalue weighted by Gasteiger charge is 2.17. The summed E-state index contributed by atoms with van der Waals surface area (Å²) in [5.74, 6) is 5.73. The van der Waals surface area contributed by atoms with Gasteiger partial charge in [-0.2, -0.15) is 4.98 Å². The number of hydrogen-bond donors (Lipinski definition) is 4. The zero-order valence-electron chi connectivity index (χ0n) is 9.85. The van der Waals surface area contributed by atoms with Crippen LogP contribution >= 0.6 is 0 Å². The third-order valence-corrected chi connectivity index (χ3v) is 2.50. The van der Waals surface area contributed by atoms with Crippen LogP contribution in [0.3, 0.4) is 0 Å². The van der Waals surface area contributed by atoms with Gasteiger partial charge in [-0.25, -0.2) is 19.6 Å². The van der Waals surface area contributed by atoms with Gasteiger partial charge in [0.15, 0.2) is 0 Å². The van der Waals surface area contributed by atoms with Crippen molar-refractivity contribution in [3.05, 3.63) is 24.3 Å². The summed E-state index contributed by atoms with van der Waals surface area (Å²) in [7, 11) is 0. The summed E-state index contributed by atoms with van der Waals surface area (Å²) in [5, 5.41) is 12.4. The number of aliphatic hydroxyl groups excluding tert-OH is 1. The van der Waals surface area contributed by atoms with Crippen molar-refractivity contribution in [3.8, 4) is 0 Å². The molecule has 1 atom stereocenters. The van der Waals surface area contributed by atoms with E-state index in [1.54, 1.807) is 24.3 Å². The first-order valence-corrected chi connectivity index (χ1v) is 5.55. The maximum absolute atomic E-state index is 12.2. The van der Waals surface area contributed by atoms with Crippen LogP contribution < -0.4 is 16.6 Å². The zero-order valence-corrected chi connectivity index (χ0v) is 9.85. The van der Waals surface area contributed by atoms with Gasteiger partial charge in [0.05, 0.1) is 5.52 Å². The molecule has 0 amide bonds. The van der Waals surface area contributed by atoms with E-state index < -0.39 is 12.5 Å². The highest BCUT2D eigenvalue weighted by molar-refractivity contribution is 5.89. The minimum absolute atomic E-state index is 0.160. The summed E-state index contributed by atoms with van der Waals surface area (Å²) in [6.07, 6.45) is -4.57. The number of nitrogens with two attached hydrogens (primary N) is 1. The number of benzene rings is 1. The number of nitrogens with zero attached hydrogens (tertiary/aromatic N) is 2. The number of halogens is 2. The molecule has 1 unspecified atom stereocenters. The van der Waals surface area contributed by atoms with Gasteiger partial charge in [0.2, 0.25) is 5.95 Å². The van der Waals surface area contributed by atoms with Crippen LogP contribution in [-0.2, 0) is 0 Å². The molecule has 1 aromatic carbocycles. The molecule has 0 aliphatic rings. The van der Waals surface area contributed by atoms with E-state index in [1.165, 1.54) is 0 Å². The summed E-state index contributed by atoms with van der Waals surface area (Å²) < 4.78 is 24.5. The lowest BCUT2D eigenvalue weighted by molar-refractivity contribution is 0.00382. The smallest absolute Gasteiger partial charge is 0.265 e. The van der Waals surface area contributed by atoms with E-state index in [1.807, 2.05) is 0 Å². The van der Waals surface area contributed by atoms with Crippen LogP contribution in [0.1, 0.15) is 0 Å². The monoisotopic (exact) mass is 269 g/mol. The Kier molecular flexibility index (Phi) is 4.03. The van der Waals surface area contributed by atoms with Crippen molar-refractivity contribution in [2.24, 2.45) is 5.84 Å². The number of anilines is 2. The van der Waals surface area contributed by atoms with E-state index in [4.69, 9.17) is 10.9 Å². The summed E-state index contributed by atoms with van der Waals surface area (Å²) in [6.45, 7) is -0.317. The molecule has 1 aromatic heterocycles. The van der Waals surface area contributed by atoms with Crippen molar-refractivity contribution < 1.29 is 13.9 Å². The summed E-state index contributed by atoms with van der Waals surface area (Å²) >= 11 is 0. The Hall–Kier alpha value is -2.06. The fourth-order valence-electron chi connectivity index (χ4n) is 1.57. The second-order valence-corrected chi connectivity index (χ2v) is 3.84. The van der Waals surface area contributed by atoms with Gasteiger partial charge in [0, 0.05) is 11.9 Å². The highest BCUT2D eigenvalue weighted by Crippen LogP contribution is 2.21. The molecule has 5 N–H and O–H groups in total. The predicted molar refractivity (Wildman–Crippen MR) is 67.8 cm³/mol. The molecule has 0 radical (unpaired) electrons. The Balaban J connectivity index is 2.30. The zero-order chi connectivity index (χ0) is 13.8. The van der Waals surface area contributed by atoms with Crippen molar-refractivity contribution in [1.82, 2.24) is 9.97 Å². The van der Waals surface area contributed by atoms with Gasteiger partial charge in [-0.1, -0.05) is 12.1 Å². The molecule has 2 rings (SSSR count). The molecule has 0 saturated heterocycles. The van der Waals surface area contributed by atoms with E-state index in [2.05, 4.69) is 20.7 Å². The number of nitrogens with one attached hydrogen (secondary N) is 2. The van der Waals surface area contributed by atoms with Crippen LogP contribution in [-0.4, -0.2) is 34.1 Å². The number of hydrazine groups is 1. The van der Waals surface area contributed by atoms with Gasteiger partial charge < -0.3 is 10.4 Å². The van der Waals surface area contributed by atoms with Crippen molar-refractivity contribution in [3.63, 3.8) is 0 Å². The molecule has 0 spiro atoms. The van der Waals surface area contributed by atoms with Crippen molar-refractivity contribution in [2.75, 3.05) is 17.3 Å². The Bertz CT molecular complexity index is 566. The van der Waals surface area contributed by atoms with E-state index in [-0.39, 0.29) is 12.5 Å². The maximum atomic E-state index is 12.2. The molecule has 0 bridgehead atoms. The molecule has 102 valence electrons. The molecule has 0 aliphatic heterocycles. The van der Waals surface area contributed by atoms with Gasteiger partial charge in [0.25, 0.3) is 6.43 Å². The third kappa shape index (κ3) is 3.04. The van der Waals surface area contributed by atoms with Crippen molar-refractivity contribution in [2.45, 2.75) is 12.5 Å². The van der Waals surface area contributed by atoms with Crippen LogP contribution in [0.25, 0.3) is 10.9 Å². The number of fused-ring (bicyclic) bond motifs is 1. The molecule has 19 heavy (non-hydrogen) atoms. The van der Waals surface area contributed by atoms with E-state index >= 15 is 0 Å². The number of hydrogen-bond acceptors (Lipinski definition) is 6. The number of aromatic nitrogens is 2. The second kappa shape index (κ2) is 5.72. The number of aliphatic hydroxyl groups is 1. The molecule has 0 aliphatic carbocycles. The Labute approximate surface area is 107 Å². The lowest BCUT2D eigenvalue weighted by Crippen LogP contribution is -2.27. The van der Waals surface area contributed by atoms with Crippen molar-refractivity contribution in [1.29, 1.82) is 0 Å². The summed E-state index contributed by atoms with van der Waals surface area (Å²) in [4.78, 5) is 8.16. The van der Waals surface area contributed by atoms with Gasteiger partial charge in [-0.15, -0.1) is 0 Å². The minimum atomic E-state index is -2.81. The summed E-state index contributed by atoms with van der Waals surface area (Å²) in [5.41, 5.74) is 2.91. The lowest BCUT2D eigenvalue weighted by atomic mass is 10.2. The number of para-hydroxylation sites is 1. The van der Waals surface area contributed by atoms with E-state index in [0.29, 0.717) is 16.7 Å². The number of rotatable bonds is 5. The van der Waals surface area contributed by atoms with Gasteiger partial charge in [-0.05, 0) is 12.1 Å². The van der Waals surface area contributed by atoms with Crippen LogP contribution in [0.15, 0.2) is 24.3 Å². The summed E-state index contributed by atoms with van der Waals surface area (Å²) in [6, 6.07) is 7.04. The first-order chi connectivity index (χ1) is 9.11. The van der Waals surface area contributed by atoms with E-state index in [0.717, 1.165) is 0 Å². The lowest BCUT2D eigenvalue weighted by Gasteiger charge is -2.13. The minimum Gasteiger partial charge on any atom is -0.385 e. The Morgan fingerprint density at radius 1 is 1.26 bits per heavy atom. The molecular formula is C11H13F2N5O. The van der Waals surface area contributed by atoms with E-state index in [9.17, 15) is 8.78 Å². The average molecular weight is 269 g/mol. The molecule has 1 heterocycles. The fraction of sp³-hybridized carbons (Fsp3) is 0.273. The Morgan fingerprint density at radius 2 is 2.00 bits per heavy atom. The van der Waals surface area contributed by atoms with Crippen LogP contribution in [0, 0.1) is 0 Å². The third-order valence-electron chi connectivity index (χ3n) is 2.50. The van der Waals surface area contributed by atoms with Gasteiger partial charge >= 0.3 is 0 Å². The second-order valence-electron chi connectivity index (χ2n) is 3.84. The fourth-order valence-corrected chi connectivity index (χ4v) is 1.57. The standard InChI is InChI=1S/C11H13F2N5O/c12-9(13)8(19)5-15-10-6-3-1-2-4-7(6)16-11(17-10)18-14/h1-4,8-9,19H,5,14H2,(H2,15,16,17,18). The molecule has 0 fully saturated rings. The maximum Gasteiger partial charge on any atom is 0.265 e. The number of nitrogen functional groups attached to an aromatic ring is 1. The quantitative estimate of drug-likeness (QED) is 0.477. The number of alkyl halides is 2. The van der Waals surface area contributed by atoms with Crippen LogP contribution in [0.4, 0.5) is 20.5 Å². The van der Waals surface area contributed by atoms with Gasteiger partial charge in [-0.3, -0.25) is 5.43 Å². The largest absolute Gasteiger partial charge is 0.385 e. The SMILES string of the molecule is NNc1nc(NCC(O)C(F)F)c2ccccc2n1. The molecule has 0 saturated carbocycles.